The SMILES string of the molecule is Cc1cc(N2C(=O)c3ccccc3C2=O)ccc1-c1ccc(N2C(=O)c3ccccc3C2=O)cc1C(F)(F)F. The van der Waals surface area contributed by atoms with Gasteiger partial charge in [-0.1, -0.05) is 36.4 Å². The van der Waals surface area contributed by atoms with Gasteiger partial charge in [-0.15, -0.1) is 0 Å². The van der Waals surface area contributed by atoms with Gasteiger partial charge in [0.15, 0.2) is 0 Å². The Labute approximate surface area is 219 Å². The number of fused-ring (bicyclic) bond motifs is 2. The second-order valence-electron chi connectivity index (χ2n) is 9.21. The minimum absolute atomic E-state index is 0.125. The molecule has 0 saturated heterocycles. The van der Waals surface area contributed by atoms with Crippen LogP contribution in [-0.4, -0.2) is 23.6 Å². The van der Waals surface area contributed by atoms with E-state index in [1.807, 2.05) is 0 Å². The quantitative estimate of drug-likeness (QED) is 0.295. The Hall–Kier alpha value is -5.05. The minimum Gasteiger partial charge on any atom is -0.268 e. The van der Waals surface area contributed by atoms with Crippen molar-refractivity contribution < 1.29 is 32.3 Å². The fourth-order valence-electron chi connectivity index (χ4n) is 5.08. The molecule has 0 spiro atoms. The average Bonchev–Trinajstić information content (AvgIpc) is 3.32. The molecule has 0 aromatic heterocycles. The molecule has 6 rings (SSSR count). The highest BCUT2D eigenvalue weighted by Crippen LogP contribution is 2.42. The van der Waals surface area contributed by atoms with Gasteiger partial charge in [0.05, 0.1) is 39.2 Å². The van der Waals surface area contributed by atoms with Crippen molar-refractivity contribution in [1.29, 1.82) is 0 Å². The molecule has 4 aromatic rings. The van der Waals surface area contributed by atoms with Crippen LogP contribution in [0.2, 0.25) is 0 Å². The van der Waals surface area contributed by atoms with E-state index in [1.54, 1.807) is 43.3 Å². The Balaban J connectivity index is 1.40. The van der Waals surface area contributed by atoms with Crippen molar-refractivity contribution in [3.05, 3.63) is 118 Å². The molecule has 0 N–H and O–H groups in total. The lowest BCUT2D eigenvalue weighted by Gasteiger charge is -2.21. The fourth-order valence-corrected chi connectivity index (χ4v) is 5.08. The lowest BCUT2D eigenvalue weighted by Crippen LogP contribution is -2.29. The van der Waals surface area contributed by atoms with E-state index in [9.17, 15) is 32.3 Å². The molecule has 0 bridgehead atoms. The zero-order valence-electron chi connectivity index (χ0n) is 20.2. The van der Waals surface area contributed by atoms with Crippen molar-refractivity contribution in [2.24, 2.45) is 0 Å². The van der Waals surface area contributed by atoms with Gasteiger partial charge in [-0.05, 0) is 72.1 Å². The topological polar surface area (TPSA) is 74.8 Å². The Morgan fingerprint density at radius 2 is 0.897 bits per heavy atom. The van der Waals surface area contributed by atoms with E-state index in [1.165, 1.54) is 42.5 Å². The summed E-state index contributed by atoms with van der Waals surface area (Å²) in [6.07, 6.45) is -4.81. The zero-order valence-corrected chi connectivity index (χ0v) is 20.2. The van der Waals surface area contributed by atoms with Gasteiger partial charge in [0.1, 0.15) is 0 Å². The van der Waals surface area contributed by atoms with Crippen LogP contribution < -0.4 is 9.80 Å². The van der Waals surface area contributed by atoms with E-state index in [0.29, 0.717) is 5.56 Å². The Morgan fingerprint density at radius 3 is 1.28 bits per heavy atom. The average molecular weight is 526 g/mol. The summed E-state index contributed by atoms with van der Waals surface area (Å²) in [7, 11) is 0. The van der Waals surface area contributed by atoms with E-state index in [-0.39, 0.29) is 44.8 Å². The number of benzene rings is 4. The molecule has 39 heavy (non-hydrogen) atoms. The standard InChI is InChI=1S/C30H17F3N2O4/c1-16-14-17(34-26(36)21-6-2-3-7-22(21)27(34)37)10-12-19(16)20-13-11-18(15-25(20)30(31,32)33)35-28(38)23-8-4-5-9-24(23)29(35)39/h2-15H,1H3. The summed E-state index contributed by atoms with van der Waals surface area (Å²) in [6, 6.07) is 20.0. The van der Waals surface area contributed by atoms with Gasteiger partial charge in [0, 0.05) is 0 Å². The molecule has 0 unspecified atom stereocenters. The summed E-state index contributed by atoms with van der Waals surface area (Å²) in [5.41, 5.74) is 0.206. The summed E-state index contributed by atoms with van der Waals surface area (Å²) < 4.78 is 42.8. The molecule has 192 valence electrons. The molecule has 2 aliphatic heterocycles. The predicted octanol–water partition coefficient (Wildman–Crippen LogP) is 6.28. The normalized spacial score (nSPS) is 14.8. The highest BCUT2D eigenvalue weighted by Gasteiger charge is 2.40. The number of hydrogen-bond donors (Lipinski definition) is 0. The van der Waals surface area contributed by atoms with Gasteiger partial charge in [-0.25, -0.2) is 9.80 Å². The van der Waals surface area contributed by atoms with Gasteiger partial charge >= 0.3 is 6.18 Å². The molecule has 0 aliphatic carbocycles. The number of imide groups is 2. The van der Waals surface area contributed by atoms with Crippen LogP contribution in [0, 0.1) is 6.92 Å². The van der Waals surface area contributed by atoms with Gasteiger partial charge in [-0.3, -0.25) is 19.2 Å². The van der Waals surface area contributed by atoms with E-state index < -0.39 is 35.4 Å². The van der Waals surface area contributed by atoms with Crippen molar-refractivity contribution in [2.75, 3.05) is 9.80 Å². The summed E-state index contributed by atoms with van der Waals surface area (Å²) in [6.45, 7) is 1.58. The van der Waals surface area contributed by atoms with Crippen LogP contribution in [0.1, 0.15) is 52.6 Å². The number of nitrogens with zero attached hydrogens (tertiary/aromatic N) is 2. The molecule has 4 aromatic carbocycles. The highest BCUT2D eigenvalue weighted by atomic mass is 19.4. The summed E-state index contributed by atoms with van der Waals surface area (Å²) in [5, 5.41) is 0. The molecule has 0 fully saturated rings. The number of alkyl halides is 3. The number of hydrogen-bond acceptors (Lipinski definition) is 4. The van der Waals surface area contributed by atoms with Crippen molar-refractivity contribution in [2.45, 2.75) is 13.1 Å². The first-order chi connectivity index (χ1) is 18.6. The molecular weight excluding hydrogens is 509 g/mol. The van der Waals surface area contributed by atoms with Crippen LogP contribution in [0.3, 0.4) is 0 Å². The Kier molecular flexibility index (Phi) is 5.29. The van der Waals surface area contributed by atoms with Crippen molar-refractivity contribution in [3.63, 3.8) is 0 Å². The summed E-state index contributed by atoms with van der Waals surface area (Å²) >= 11 is 0. The molecule has 0 atom stereocenters. The molecule has 9 heteroatoms. The van der Waals surface area contributed by atoms with Crippen LogP contribution >= 0.6 is 0 Å². The van der Waals surface area contributed by atoms with E-state index in [0.717, 1.165) is 15.9 Å². The zero-order chi connectivity index (χ0) is 27.6. The van der Waals surface area contributed by atoms with Crippen molar-refractivity contribution in [1.82, 2.24) is 0 Å². The van der Waals surface area contributed by atoms with E-state index >= 15 is 0 Å². The molecule has 2 aliphatic rings. The van der Waals surface area contributed by atoms with Crippen LogP contribution in [0.5, 0.6) is 0 Å². The Morgan fingerprint density at radius 1 is 0.513 bits per heavy atom. The number of carbonyl (C=O) groups excluding carboxylic acids is 4. The number of rotatable bonds is 3. The molecule has 6 nitrogen and oxygen atoms in total. The van der Waals surface area contributed by atoms with Crippen LogP contribution in [0.15, 0.2) is 84.9 Å². The molecule has 2 heterocycles. The van der Waals surface area contributed by atoms with E-state index in [4.69, 9.17) is 0 Å². The maximum atomic E-state index is 14.3. The highest BCUT2D eigenvalue weighted by molar-refractivity contribution is 6.35. The number of carbonyl (C=O) groups is 4. The third-order valence-electron chi connectivity index (χ3n) is 6.91. The van der Waals surface area contributed by atoms with Gasteiger partial charge < -0.3 is 0 Å². The number of aryl methyl sites for hydroxylation is 1. The molecule has 0 saturated carbocycles. The van der Waals surface area contributed by atoms with Gasteiger partial charge in [0.25, 0.3) is 23.6 Å². The van der Waals surface area contributed by atoms with Gasteiger partial charge in [0.2, 0.25) is 0 Å². The van der Waals surface area contributed by atoms with E-state index in [2.05, 4.69) is 0 Å². The van der Waals surface area contributed by atoms with Crippen LogP contribution in [0.25, 0.3) is 11.1 Å². The number of anilines is 2. The summed E-state index contributed by atoms with van der Waals surface area (Å²) in [5.74, 6) is -2.41. The molecular formula is C30H17F3N2O4. The number of halogens is 3. The van der Waals surface area contributed by atoms with Crippen LogP contribution in [-0.2, 0) is 6.18 Å². The van der Waals surface area contributed by atoms with Crippen molar-refractivity contribution >= 4 is 35.0 Å². The monoisotopic (exact) mass is 526 g/mol. The fraction of sp³-hybridized carbons (Fsp3) is 0.0667. The van der Waals surface area contributed by atoms with Crippen molar-refractivity contribution in [3.8, 4) is 11.1 Å². The molecule has 0 radical (unpaired) electrons. The molecule has 4 amide bonds. The first-order valence-electron chi connectivity index (χ1n) is 11.9. The third-order valence-corrected chi connectivity index (χ3v) is 6.91. The lowest BCUT2D eigenvalue weighted by molar-refractivity contribution is -0.137. The first kappa shape index (κ1) is 24.3. The maximum Gasteiger partial charge on any atom is 0.417 e. The van der Waals surface area contributed by atoms with Crippen LogP contribution in [0.4, 0.5) is 24.5 Å². The lowest BCUT2D eigenvalue weighted by atomic mass is 9.94. The van der Waals surface area contributed by atoms with Gasteiger partial charge in [-0.2, -0.15) is 13.2 Å². The third kappa shape index (κ3) is 3.65. The second-order valence-corrected chi connectivity index (χ2v) is 9.21. The summed E-state index contributed by atoms with van der Waals surface area (Å²) in [4.78, 5) is 53.1. The smallest absolute Gasteiger partial charge is 0.268 e. The maximum absolute atomic E-state index is 14.3. The second kappa shape index (κ2) is 8.49. The first-order valence-corrected chi connectivity index (χ1v) is 11.9. The predicted molar refractivity (Wildman–Crippen MR) is 137 cm³/mol. The number of amides is 4. The Bertz CT molecular complexity index is 1690. The minimum atomic E-state index is -4.81. The largest absolute Gasteiger partial charge is 0.417 e.